The highest BCUT2D eigenvalue weighted by molar-refractivity contribution is 6.06. The molecule has 10 heteroatoms. The molecule has 0 fully saturated rings. The van der Waals surface area contributed by atoms with Crippen LogP contribution in [0.25, 0.3) is 27.7 Å². The summed E-state index contributed by atoms with van der Waals surface area (Å²) in [5, 5.41) is 0.330. The molecule has 4 aromatic rings. The number of methoxy groups -OCH3 is 4. The van der Waals surface area contributed by atoms with E-state index in [9.17, 15) is 14.4 Å². The van der Waals surface area contributed by atoms with Gasteiger partial charge in [0.1, 0.15) is 11.2 Å². The van der Waals surface area contributed by atoms with E-state index >= 15 is 0 Å². The minimum absolute atomic E-state index is 0.00531. The molecule has 4 rings (SSSR count). The standard InChI is InChI=1S/C25H23N3O7/c1-32-17-11-13(12-18(33-2)23(17)34-3)20-16-9-10-19(29)27-21(16)24(30)28(22(20)25(31)35-4)15-7-5-14(26)6-8-15/h5-12H,26H2,1-4H3,(H,27,29). The number of hydrogen-bond donors (Lipinski definition) is 2. The Hall–Kier alpha value is -4.73. The molecule has 0 bridgehead atoms. The van der Waals surface area contributed by atoms with Gasteiger partial charge in [-0.05, 0) is 48.0 Å². The largest absolute Gasteiger partial charge is 0.493 e. The maximum absolute atomic E-state index is 13.6. The van der Waals surface area contributed by atoms with E-state index in [0.717, 1.165) is 0 Å². The van der Waals surface area contributed by atoms with E-state index in [-0.39, 0.29) is 11.2 Å². The number of anilines is 1. The summed E-state index contributed by atoms with van der Waals surface area (Å²) in [5.41, 5.74) is 6.29. The number of nitrogen functional groups attached to an aromatic ring is 1. The van der Waals surface area contributed by atoms with Crippen LogP contribution < -0.4 is 31.1 Å². The monoisotopic (exact) mass is 477 g/mol. The first-order chi connectivity index (χ1) is 16.8. The van der Waals surface area contributed by atoms with Crippen molar-refractivity contribution in [3.05, 3.63) is 74.9 Å². The Labute approximate surface area is 199 Å². The molecule has 2 aromatic carbocycles. The van der Waals surface area contributed by atoms with Crippen LogP contribution in [0.2, 0.25) is 0 Å². The zero-order chi connectivity index (χ0) is 25.3. The van der Waals surface area contributed by atoms with Gasteiger partial charge in [0.15, 0.2) is 11.5 Å². The molecule has 0 saturated carbocycles. The molecule has 2 heterocycles. The zero-order valence-electron chi connectivity index (χ0n) is 19.5. The number of aromatic nitrogens is 2. The number of aromatic amines is 1. The van der Waals surface area contributed by atoms with E-state index in [1.165, 1.54) is 45.1 Å². The molecule has 10 nitrogen and oxygen atoms in total. The van der Waals surface area contributed by atoms with Crippen molar-refractivity contribution in [3.63, 3.8) is 0 Å². The number of carbonyl (C=O) groups excluding carboxylic acids is 1. The lowest BCUT2D eigenvalue weighted by Crippen LogP contribution is -2.28. The smallest absolute Gasteiger partial charge is 0.355 e. The second-order valence-electron chi connectivity index (χ2n) is 7.47. The number of pyridine rings is 2. The van der Waals surface area contributed by atoms with Crippen molar-refractivity contribution in [1.29, 1.82) is 0 Å². The summed E-state index contributed by atoms with van der Waals surface area (Å²) in [6.45, 7) is 0. The number of carbonyl (C=O) groups is 1. The Morgan fingerprint density at radius 3 is 2.06 bits per heavy atom. The molecule has 0 saturated heterocycles. The summed E-state index contributed by atoms with van der Waals surface area (Å²) < 4.78 is 22.7. The molecular weight excluding hydrogens is 454 g/mol. The van der Waals surface area contributed by atoms with Crippen molar-refractivity contribution in [2.75, 3.05) is 34.2 Å². The van der Waals surface area contributed by atoms with Crippen LogP contribution >= 0.6 is 0 Å². The second kappa shape index (κ2) is 9.26. The van der Waals surface area contributed by atoms with Crippen LogP contribution in [0.5, 0.6) is 17.2 Å². The predicted octanol–water partition coefficient (Wildman–Crippen LogP) is 2.74. The van der Waals surface area contributed by atoms with Crippen molar-refractivity contribution in [2.45, 2.75) is 0 Å². The molecular formula is C25H23N3O7. The van der Waals surface area contributed by atoms with Crippen LogP contribution in [0.4, 0.5) is 5.69 Å². The highest BCUT2D eigenvalue weighted by Crippen LogP contribution is 2.43. The zero-order valence-corrected chi connectivity index (χ0v) is 19.5. The van der Waals surface area contributed by atoms with E-state index < -0.39 is 17.1 Å². The van der Waals surface area contributed by atoms with Crippen LogP contribution in [-0.2, 0) is 4.74 Å². The number of benzene rings is 2. The SMILES string of the molecule is COC(=O)c1c(-c2cc(OC)c(OC)c(OC)c2)c2ccc(=O)[nH]c2c(=O)n1-c1ccc(N)cc1. The Balaban J connectivity index is 2.26. The molecule has 35 heavy (non-hydrogen) atoms. The lowest BCUT2D eigenvalue weighted by atomic mass is 9.97. The highest BCUT2D eigenvalue weighted by atomic mass is 16.5. The maximum Gasteiger partial charge on any atom is 0.355 e. The molecule has 0 unspecified atom stereocenters. The van der Waals surface area contributed by atoms with Gasteiger partial charge in [-0.15, -0.1) is 0 Å². The van der Waals surface area contributed by atoms with Crippen LogP contribution in [0, 0.1) is 0 Å². The number of nitrogens with zero attached hydrogens (tertiary/aromatic N) is 1. The highest BCUT2D eigenvalue weighted by Gasteiger charge is 2.27. The van der Waals surface area contributed by atoms with Crippen molar-refractivity contribution in [1.82, 2.24) is 9.55 Å². The third-order valence-electron chi connectivity index (χ3n) is 5.55. The van der Waals surface area contributed by atoms with Crippen LogP contribution in [0.1, 0.15) is 10.5 Å². The average Bonchev–Trinajstić information content (AvgIpc) is 2.88. The van der Waals surface area contributed by atoms with E-state index in [0.29, 0.717) is 45.1 Å². The van der Waals surface area contributed by atoms with E-state index in [1.54, 1.807) is 36.4 Å². The Morgan fingerprint density at radius 1 is 0.886 bits per heavy atom. The summed E-state index contributed by atoms with van der Waals surface area (Å²) in [7, 11) is 5.62. The Kier molecular flexibility index (Phi) is 6.20. The number of ether oxygens (including phenoxy) is 4. The van der Waals surface area contributed by atoms with Gasteiger partial charge >= 0.3 is 5.97 Å². The number of nitrogens with two attached hydrogens (primary N) is 1. The maximum atomic E-state index is 13.6. The van der Waals surface area contributed by atoms with Gasteiger partial charge in [0.05, 0.1) is 28.4 Å². The quantitative estimate of drug-likeness (QED) is 0.320. The van der Waals surface area contributed by atoms with Crippen molar-refractivity contribution in [2.24, 2.45) is 0 Å². The molecule has 0 aliphatic heterocycles. The Morgan fingerprint density at radius 2 is 1.51 bits per heavy atom. The summed E-state index contributed by atoms with van der Waals surface area (Å²) in [4.78, 5) is 41.6. The fraction of sp³-hybridized carbons (Fsp3) is 0.160. The van der Waals surface area contributed by atoms with Crippen molar-refractivity contribution < 1.29 is 23.7 Å². The molecule has 0 atom stereocenters. The van der Waals surface area contributed by atoms with E-state index in [4.69, 9.17) is 24.7 Å². The number of esters is 1. The van der Waals surface area contributed by atoms with Crippen LogP contribution in [-0.4, -0.2) is 44.0 Å². The van der Waals surface area contributed by atoms with Crippen molar-refractivity contribution in [3.8, 4) is 34.1 Å². The summed E-state index contributed by atoms with van der Waals surface area (Å²) in [6.07, 6.45) is 0. The topological polar surface area (TPSA) is 135 Å². The third kappa shape index (κ3) is 3.95. The first-order valence-corrected chi connectivity index (χ1v) is 10.4. The van der Waals surface area contributed by atoms with Gasteiger partial charge in [-0.3, -0.25) is 14.2 Å². The van der Waals surface area contributed by atoms with Gasteiger partial charge in [-0.25, -0.2) is 4.79 Å². The predicted molar refractivity (Wildman–Crippen MR) is 131 cm³/mol. The van der Waals surface area contributed by atoms with Gasteiger partial charge in [0.25, 0.3) is 5.56 Å². The van der Waals surface area contributed by atoms with Crippen LogP contribution in [0.3, 0.4) is 0 Å². The van der Waals surface area contributed by atoms with Crippen molar-refractivity contribution >= 4 is 22.6 Å². The van der Waals surface area contributed by atoms with Crippen LogP contribution in [0.15, 0.2) is 58.1 Å². The number of nitrogens with one attached hydrogen (secondary N) is 1. The lowest BCUT2D eigenvalue weighted by molar-refractivity contribution is 0.0591. The number of fused-ring (bicyclic) bond motifs is 1. The molecule has 0 spiro atoms. The number of hydrogen-bond acceptors (Lipinski definition) is 8. The van der Waals surface area contributed by atoms with Gasteiger partial charge in [-0.2, -0.15) is 0 Å². The first-order valence-electron chi connectivity index (χ1n) is 10.4. The summed E-state index contributed by atoms with van der Waals surface area (Å²) >= 11 is 0. The minimum Gasteiger partial charge on any atom is -0.493 e. The van der Waals surface area contributed by atoms with Gasteiger partial charge < -0.3 is 29.7 Å². The molecule has 0 radical (unpaired) electrons. The molecule has 2 aromatic heterocycles. The lowest BCUT2D eigenvalue weighted by Gasteiger charge is -2.20. The number of H-pyrrole nitrogens is 1. The fourth-order valence-corrected chi connectivity index (χ4v) is 3.98. The van der Waals surface area contributed by atoms with Gasteiger partial charge in [0.2, 0.25) is 11.3 Å². The average molecular weight is 477 g/mol. The minimum atomic E-state index is -0.768. The first kappa shape index (κ1) is 23.4. The molecule has 180 valence electrons. The van der Waals surface area contributed by atoms with Gasteiger partial charge in [-0.1, -0.05) is 0 Å². The van der Waals surface area contributed by atoms with E-state index in [1.807, 2.05) is 0 Å². The number of rotatable bonds is 6. The summed E-state index contributed by atoms with van der Waals surface area (Å²) in [5.74, 6) is 0.250. The third-order valence-corrected chi connectivity index (χ3v) is 5.55. The molecule has 0 amide bonds. The fourth-order valence-electron chi connectivity index (χ4n) is 3.98. The molecule has 3 N–H and O–H groups in total. The normalized spacial score (nSPS) is 10.7. The summed E-state index contributed by atoms with van der Waals surface area (Å²) in [6, 6.07) is 12.4. The van der Waals surface area contributed by atoms with E-state index in [2.05, 4.69) is 4.98 Å². The van der Waals surface area contributed by atoms with Gasteiger partial charge in [0, 0.05) is 28.4 Å². The molecule has 0 aliphatic carbocycles. The molecule has 0 aliphatic rings. The second-order valence-corrected chi connectivity index (χ2v) is 7.47. The Bertz CT molecular complexity index is 1530.